The molecule has 0 aromatic heterocycles. The fraction of sp³-hybridized carbons (Fsp3) is 0.167. The van der Waals surface area contributed by atoms with Gasteiger partial charge in [-0.1, -0.05) is 0 Å². The first kappa shape index (κ1) is 16.2. The van der Waals surface area contributed by atoms with Gasteiger partial charge in [0, 0.05) is 0 Å². The third-order valence-electron chi connectivity index (χ3n) is 1.98. The van der Waals surface area contributed by atoms with E-state index in [9.17, 15) is 9.59 Å². The normalized spacial score (nSPS) is 13.1. The molecule has 0 aromatic rings. The van der Waals surface area contributed by atoms with E-state index in [2.05, 4.69) is 9.47 Å². The summed E-state index contributed by atoms with van der Waals surface area (Å²) in [5, 5.41) is 17.3. The van der Waals surface area contributed by atoms with E-state index in [-0.39, 0.29) is 35.5 Å². The Morgan fingerprint density at radius 3 is 1.85 bits per heavy atom. The van der Waals surface area contributed by atoms with Crippen molar-refractivity contribution in [1.29, 1.82) is 10.5 Å². The topological polar surface area (TPSA) is 100 Å². The van der Waals surface area contributed by atoms with Crippen LogP contribution in [0.15, 0.2) is 30.0 Å². The molecule has 0 aromatic carbocycles. The maximum absolute atomic E-state index is 11.6. The van der Waals surface area contributed by atoms with E-state index >= 15 is 0 Å². The number of nitriles is 2. The number of hydrogen-bond donors (Lipinski definition) is 0. The molecule has 0 atom stereocenters. The van der Waals surface area contributed by atoms with Crippen molar-refractivity contribution in [2.24, 2.45) is 0 Å². The number of ether oxygens (including phenoxy) is 2. The molecule has 1 rings (SSSR count). The van der Waals surface area contributed by atoms with Crippen LogP contribution in [0.3, 0.4) is 0 Å². The molecule has 0 unspecified atom stereocenters. The predicted octanol–water partition coefficient (Wildman–Crippen LogP) is -0.219. The molecule has 8 heteroatoms. The molecular formula is C12H8N2O4Se2. The Morgan fingerprint density at radius 2 is 1.50 bits per heavy atom. The van der Waals surface area contributed by atoms with E-state index in [1.165, 1.54) is 20.3 Å². The first-order chi connectivity index (χ1) is 9.57. The van der Waals surface area contributed by atoms with Gasteiger partial charge in [0.2, 0.25) is 0 Å². The Bertz CT molecular complexity index is 574. The van der Waals surface area contributed by atoms with Crippen LogP contribution in [-0.4, -0.2) is 56.1 Å². The Morgan fingerprint density at radius 1 is 1.05 bits per heavy atom. The number of hydrogen-bond acceptors (Lipinski definition) is 6. The molecule has 0 fully saturated rings. The Balaban J connectivity index is 3.05. The van der Waals surface area contributed by atoms with E-state index < -0.39 is 11.9 Å². The van der Waals surface area contributed by atoms with Crippen molar-refractivity contribution in [3.8, 4) is 12.1 Å². The first-order valence-corrected chi connectivity index (χ1v) is 8.48. The van der Waals surface area contributed by atoms with Crippen molar-refractivity contribution in [2.45, 2.75) is 0 Å². The molecular weight excluding hydrogens is 394 g/mol. The summed E-state index contributed by atoms with van der Waals surface area (Å²) in [5.41, 5.74) is -0.0322. The second kappa shape index (κ2) is 7.69. The van der Waals surface area contributed by atoms with Crippen LogP contribution in [0.2, 0.25) is 0 Å². The molecule has 1 heterocycles. The minimum absolute atomic E-state index is 0.0322. The zero-order valence-corrected chi connectivity index (χ0v) is 13.9. The number of rotatable bonds is 3. The number of carbonyl (C=O) groups is 2. The van der Waals surface area contributed by atoms with Gasteiger partial charge in [-0.15, -0.1) is 0 Å². The van der Waals surface area contributed by atoms with Gasteiger partial charge in [-0.05, 0) is 0 Å². The van der Waals surface area contributed by atoms with Crippen molar-refractivity contribution in [1.82, 2.24) is 0 Å². The molecule has 0 amide bonds. The zero-order chi connectivity index (χ0) is 15.1. The molecule has 1 aliphatic rings. The monoisotopic (exact) mass is 404 g/mol. The molecule has 0 saturated heterocycles. The number of nitrogens with zero attached hydrogens (tertiary/aromatic N) is 2. The summed E-state index contributed by atoms with van der Waals surface area (Å²) >= 11 is -0.716. The van der Waals surface area contributed by atoms with Crippen LogP contribution in [0.5, 0.6) is 0 Å². The average Bonchev–Trinajstić information content (AvgIpc) is 2.90. The molecule has 0 aliphatic carbocycles. The van der Waals surface area contributed by atoms with Crippen molar-refractivity contribution < 1.29 is 19.1 Å². The molecule has 6 nitrogen and oxygen atoms in total. The van der Waals surface area contributed by atoms with Gasteiger partial charge < -0.3 is 0 Å². The van der Waals surface area contributed by atoms with E-state index in [1.54, 1.807) is 18.2 Å². The van der Waals surface area contributed by atoms with Gasteiger partial charge in [-0.25, -0.2) is 0 Å². The molecule has 0 saturated carbocycles. The number of methoxy groups -OCH3 is 2. The van der Waals surface area contributed by atoms with Crippen molar-refractivity contribution in [3.05, 3.63) is 30.0 Å². The van der Waals surface area contributed by atoms with Gasteiger partial charge in [0.1, 0.15) is 0 Å². The van der Waals surface area contributed by atoms with Gasteiger partial charge in [0.05, 0.1) is 0 Å². The van der Waals surface area contributed by atoms with Gasteiger partial charge in [0.15, 0.2) is 0 Å². The van der Waals surface area contributed by atoms with E-state index in [1.807, 2.05) is 0 Å². The van der Waals surface area contributed by atoms with Crippen LogP contribution in [0, 0.1) is 22.7 Å². The molecule has 102 valence electrons. The van der Waals surface area contributed by atoms with Gasteiger partial charge in [0.25, 0.3) is 0 Å². The average molecular weight is 402 g/mol. The predicted molar refractivity (Wildman–Crippen MR) is 70.0 cm³/mol. The summed E-state index contributed by atoms with van der Waals surface area (Å²) in [4.78, 5) is 23.3. The first-order valence-electron chi connectivity index (χ1n) is 5.06. The van der Waals surface area contributed by atoms with Crippen molar-refractivity contribution in [2.75, 3.05) is 14.2 Å². The SMILES string of the molecule is COC(=O)C1=C(C(=O)OC)[Se]C(=CC=C(C#N)C#N)[Se]1. The van der Waals surface area contributed by atoms with Gasteiger partial charge in [-0.2, -0.15) is 0 Å². The van der Waals surface area contributed by atoms with Crippen LogP contribution >= 0.6 is 0 Å². The fourth-order valence-corrected chi connectivity index (χ4v) is 7.21. The van der Waals surface area contributed by atoms with Crippen molar-refractivity contribution >= 4 is 41.9 Å². The Labute approximate surface area is 128 Å². The Hall–Kier alpha value is -1.82. The van der Waals surface area contributed by atoms with E-state index in [0.717, 1.165) is 3.37 Å². The van der Waals surface area contributed by atoms with Gasteiger partial charge in [-0.3, -0.25) is 0 Å². The van der Waals surface area contributed by atoms with Crippen LogP contribution in [0.4, 0.5) is 0 Å². The van der Waals surface area contributed by atoms with Crippen LogP contribution < -0.4 is 0 Å². The molecule has 0 spiro atoms. The third kappa shape index (κ3) is 3.83. The molecule has 1 aliphatic heterocycles. The van der Waals surface area contributed by atoms with E-state index in [0.29, 0.717) is 8.94 Å². The number of allylic oxidation sites excluding steroid dienone is 3. The summed E-state index contributed by atoms with van der Waals surface area (Å²) in [6.07, 6.45) is 2.99. The standard InChI is InChI=1S/C12H8N2O4Se2/c1-17-11(15)9-10(12(16)18-2)20-8(19-9)4-3-7(5-13)6-14/h3-4H,1-2H3. The van der Waals surface area contributed by atoms with Crippen molar-refractivity contribution in [3.63, 3.8) is 0 Å². The summed E-state index contributed by atoms with van der Waals surface area (Å²) in [5.74, 6) is -1.08. The quantitative estimate of drug-likeness (QED) is 0.368. The maximum atomic E-state index is 11.6. The minimum atomic E-state index is -0.541. The summed E-state index contributed by atoms with van der Waals surface area (Å²) in [6.45, 7) is 0. The van der Waals surface area contributed by atoms with Gasteiger partial charge >= 0.3 is 128 Å². The second-order valence-corrected chi connectivity index (χ2v) is 8.86. The van der Waals surface area contributed by atoms with E-state index in [4.69, 9.17) is 10.5 Å². The summed E-state index contributed by atoms with van der Waals surface area (Å²) < 4.78 is 10.8. The molecule has 0 radical (unpaired) electrons. The van der Waals surface area contributed by atoms with Crippen LogP contribution in [0.1, 0.15) is 0 Å². The number of carbonyl (C=O) groups excluding carboxylic acids is 2. The second-order valence-electron chi connectivity index (χ2n) is 3.14. The molecule has 0 N–H and O–H groups in total. The third-order valence-corrected chi connectivity index (χ3v) is 8.28. The fourth-order valence-electron chi connectivity index (χ4n) is 1.09. The Kier molecular flexibility index (Phi) is 6.24. The molecule has 0 bridgehead atoms. The zero-order valence-electron chi connectivity index (χ0n) is 10.5. The number of esters is 2. The van der Waals surface area contributed by atoms with Crippen LogP contribution in [-0.2, 0) is 19.1 Å². The van der Waals surface area contributed by atoms with Crippen LogP contribution in [0.25, 0.3) is 0 Å². The summed E-state index contributed by atoms with van der Waals surface area (Å²) in [6, 6.07) is 3.48. The molecule has 20 heavy (non-hydrogen) atoms. The summed E-state index contributed by atoms with van der Waals surface area (Å²) in [7, 11) is 2.50.